The Hall–Kier alpha value is -2.22. The molecule has 1 heterocycles. The van der Waals surface area contributed by atoms with Gasteiger partial charge in [-0.1, -0.05) is 0 Å². The molecule has 3 rings (SSSR count). The first kappa shape index (κ1) is 20.1. The smallest absolute Gasteiger partial charge is 0.251 e. The summed E-state index contributed by atoms with van der Waals surface area (Å²) in [6, 6.07) is 9.56. The standard InChI is InChI=1S/C18H18F2N2O3.ClH/c19-15-6-5-14(7-16(15)20)25-13-3-1-11(2-4-13)18(24)22-9-12-8-21-10-17(12)23;/h1-7,12,17,21,23H,8-10H2,(H,22,24);1H. The highest BCUT2D eigenvalue weighted by Crippen LogP contribution is 2.23. The summed E-state index contributed by atoms with van der Waals surface area (Å²) < 4.78 is 31.5. The molecule has 0 spiro atoms. The van der Waals surface area contributed by atoms with Gasteiger partial charge in [0.1, 0.15) is 11.5 Å². The molecule has 1 fully saturated rings. The number of carbonyl (C=O) groups is 1. The van der Waals surface area contributed by atoms with Gasteiger partial charge in [-0.3, -0.25) is 4.79 Å². The monoisotopic (exact) mass is 384 g/mol. The third-order valence-electron chi connectivity index (χ3n) is 4.07. The number of carbonyl (C=O) groups excluding carboxylic acids is 1. The molecule has 0 radical (unpaired) electrons. The average molecular weight is 385 g/mol. The van der Waals surface area contributed by atoms with Gasteiger partial charge in [-0.2, -0.15) is 0 Å². The number of rotatable bonds is 5. The molecular formula is C18H19ClF2N2O3. The van der Waals surface area contributed by atoms with Crippen LogP contribution in [-0.2, 0) is 0 Å². The Kier molecular flexibility index (Phi) is 6.90. The number of β-amino-alcohol motifs (C(OH)–C–C–N with tert-alkyl or cyclic N) is 1. The van der Waals surface area contributed by atoms with Crippen LogP contribution in [0.25, 0.3) is 0 Å². The first-order valence-corrected chi connectivity index (χ1v) is 7.93. The lowest BCUT2D eigenvalue weighted by Gasteiger charge is -2.14. The van der Waals surface area contributed by atoms with Gasteiger partial charge in [-0.05, 0) is 36.4 Å². The number of benzene rings is 2. The molecule has 2 aromatic rings. The lowest BCUT2D eigenvalue weighted by atomic mass is 10.1. The molecule has 0 saturated carbocycles. The Bertz CT molecular complexity index is 759. The van der Waals surface area contributed by atoms with E-state index in [-0.39, 0.29) is 30.0 Å². The molecule has 1 amide bonds. The second-order valence-electron chi connectivity index (χ2n) is 5.90. The van der Waals surface area contributed by atoms with E-state index < -0.39 is 17.7 Å². The van der Waals surface area contributed by atoms with Crippen molar-refractivity contribution in [1.82, 2.24) is 10.6 Å². The largest absolute Gasteiger partial charge is 0.457 e. The maximum Gasteiger partial charge on any atom is 0.251 e. The van der Waals surface area contributed by atoms with E-state index in [1.807, 2.05) is 0 Å². The van der Waals surface area contributed by atoms with E-state index in [0.29, 0.717) is 30.9 Å². The van der Waals surface area contributed by atoms with Crippen molar-refractivity contribution in [2.45, 2.75) is 6.10 Å². The van der Waals surface area contributed by atoms with Crippen LogP contribution in [0.3, 0.4) is 0 Å². The zero-order chi connectivity index (χ0) is 17.8. The van der Waals surface area contributed by atoms with Crippen molar-refractivity contribution in [1.29, 1.82) is 0 Å². The summed E-state index contributed by atoms with van der Waals surface area (Å²) in [5.74, 6) is -1.62. The predicted molar refractivity (Wildman–Crippen MR) is 94.8 cm³/mol. The quantitative estimate of drug-likeness (QED) is 0.740. The lowest BCUT2D eigenvalue weighted by Crippen LogP contribution is -2.34. The van der Waals surface area contributed by atoms with Crippen LogP contribution >= 0.6 is 12.4 Å². The average Bonchev–Trinajstić information content (AvgIpc) is 3.02. The Morgan fingerprint density at radius 3 is 2.42 bits per heavy atom. The number of halogens is 3. The van der Waals surface area contributed by atoms with Crippen LogP contribution in [0.15, 0.2) is 42.5 Å². The van der Waals surface area contributed by atoms with Crippen LogP contribution in [0.5, 0.6) is 11.5 Å². The van der Waals surface area contributed by atoms with Crippen molar-refractivity contribution in [3.8, 4) is 11.5 Å². The van der Waals surface area contributed by atoms with E-state index in [4.69, 9.17) is 4.74 Å². The number of aliphatic hydroxyl groups excluding tert-OH is 1. The number of hydrogen-bond acceptors (Lipinski definition) is 4. The van der Waals surface area contributed by atoms with Crippen molar-refractivity contribution >= 4 is 18.3 Å². The molecule has 8 heteroatoms. The third kappa shape index (κ3) is 4.91. The Morgan fingerprint density at radius 2 is 1.81 bits per heavy atom. The van der Waals surface area contributed by atoms with Gasteiger partial charge in [0.15, 0.2) is 11.6 Å². The predicted octanol–water partition coefficient (Wildman–Crippen LogP) is 2.49. The topological polar surface area (TPSA) is 70.6 Å². The minimum atomic E-state index is -0.989. The van der Waals surface area contributed by atoms with Gasteiger partial charge in [0.05, 0.1) is 6.10 Å². The van der Waals surface area contributed by atoms with Crippen molar-refractivity contribution in [2.75, 3.05) is 19.6 Å². The fraction of sp³-hybridized carbons (Fsp3) is 0.278. The summed E-state index contributed by atoms with van der Waals surface area (Å²) in [4.78, 5) is 12.1. The van der Waals surface area contributed by atoms with Gasteiger partial charge >= 0.3 is 0 Å². The highest BCUT2D eigenvalue weighted by molar-refractivity contribution is 5.94. The SMILES string of the molecule is Cl.O=C(NCC1CNCC1O)c1ccc(Oc2ccc(F)c(F)c2)cc1. The van der Waals surface area contributed by atoms with E-state index in [2.05, 4.69) is 10.6 Å². The highest BCUT2D eigenvalue weighted by atomic mass is 35.5. The van der Waals surface area contributed by atoms with E-state index in [9.17, 15) is 18.7 Å². The van der Waals surface area contributed by atoms with Crippen LogP contribution in [-0.4, -0.2) is 36.8 Å². The molecule has 2 unspecified atom stereocenters. The molecule has 2 atom stereocenters. The summed E-state index contributed by atoms with van der Waals surface area (Å²) >= 11 is 0. The summed E-state index contributed by atoms with van der Waals surface area (Å²) in [7, 11) is 0. The van der Waals surface area contributed by atoms with Gasteiger partial charge in [0, 0.05) is 37.2 Å². The lowest BCUT2D eigenvalue weighted by molar-refractivity contribution is 0.0927. The molecule has 3 N–H and O–H groups in total. The molecule has 1 aliphatic heterocycles. The van der Waals surface area contributed by atoms with Crippen molar-refractivity contribution in [3.63, 3.8) is 0 Å². The maximum absolute atomic E-state index is 13.2. The third-order valence-corrected chi connectivity index (χ3v) is 4.07. The second kappa shape index (κ2) is 8.93. The molecule has 0 aliphatic carbocycles. The van der Waals surface area contributed by atoms with Crippen LogP contribution in [0.2, 0.25) is 0 Å². The normalized spacial score (nSPS) is 18.9. The number of nitrogens with one attached hydrogen (secondary N) is 2. The zero-order valence-electron chi connectivity index (χ0n) is 13.7. The minimum Gasteiger partial charge on any atom is -0.457 e. The molecule has 26 heavy (non-hydrogen) atoms. The molecule has 2 aromatic carbocycles. The van der Waals surface area contributed by atoms with Crippen molar-refractivity contribution in [2.24, 2.45) is 5.92 Å². The number of hydrogen-bond donors (Lipinski definition) is 3. The van der Waals surface area contributed by atoms with Gasteiger partial charge in [-0.25, -0.2) is 8.78 Å². The summed E-state index contributed by atoms with van der Waals surface area (Å²) in [6.45, 7) is 1.60. The summed E-state index contributed by atoms with van der Waals surface area (Å²) in [5.41, 5.74) is 0.443. The molecule has 0 aromatic heterocycles. The van der Waals surface area contributed by atoms with E-state index in [0.717, 1.165) is 12.1 Å². The van der Waals surface area contributed by atoms with Gasteiger partial charge in [-0.15, -0.1) is 12.4 Å². The molecule has 0 bridgehead atoms. The first-order chi connectivity index (χ1) is 12.0. The van der Waals surface area contributed by atoms with Crippen LogP contribution in [0, 0.1) is 17.6 Å². The molecule has 140 valence electrons. The van der Waals surface area contributed by atoms with Gasteiger partial charge in [0.25, 0.3) is 5.91 Å². The van der Waals surface area contributed by atoms with E-state index >= 15 is 0 Å². The van der Waals surface area contributed by atoms with Gasteiger partial charge in [0.2, 0.25) is 0 Å². The Morgan fingerprint density at radius 1 is 1.12 bits per heavy atom. The fourth-order valence-electron chi connectivity index (χ4n) is 2.60. The Balaban J connectivity index is 0.00000243. The summed E-state index contributed by atoms with van der Waals surface area (Å²) in [6.07, 6.45) is -0.452. The van der Waals surface area contributed by atoms with Crippen molar-refractivity contribution in [3.05, 3.63) is 59.7 Å². The highest BCUT2D eigenvalue weighted by Gasteiger charge is 2.25. The van der Waals surface area contributed by atoms with Crippen LogP contribution in [0.1, 0.15) is 10.4 Å². The number of aliphatic hydroxyl groups is 1. The van der Waals surface area contributed by atoms with Crippen LogP contribution < -0.4 is 15.4 Å². The van der Waals surface area contributed by atoms with E-state index in [1.165, 1.54) is 6.07 Å². The minimum absolute atomic E-state index is 0. The van der Waals surface area contributed by atoms with E-state index in [1.54, 1.807) is 24.3 Å². The number of ether oxygens (including phenoxy) is 1. The molecule has 5 nitrogen and oxygen atoms in total. The molecular weight excluding hydrogens is 366 g/mol. The number of amides is 1. The maximum atomic E-state index is 13.2. The second-order valence-corrected chi connectivity index (χ2v) is 5.90. The molecule has 1 aliphatic rings. The summed E-state index contributed by atoms with van der Waals surface area (Å²) in [5, 5.41) is 15.5. The van der Waals surface area contributed by atoms with Crippen LogP contribution in [0.4, 0.5) is 8.78 Å². The Labute approximate surface area is 155 Å². The zero-order valence-corrected chi connectivity index (χ0v) is 14.6. The molecule has 1 saturated heterocycles. The van der Waals surface area contributed by atoms with Gasteiger partial charge < -0.3 is 20.5 Å². The van der Waals surface area contributed by atoms with Crippen molar-refractivity contribution < 1.29 is 23.4 Å². The first-order valence-electron chi connectivity index (χ1n) is 7.93. The fourth-order valence-corrected chi connectivity index (χ4v) is 2.60.